The minimum absolute atomic E-state index is 0.0737. The van der Waals surface area contributed by atoms with Gasteiger partial charge in [-0.05, 0) is 43.4 Å². The molecular weight excluding hydrogens is 141 g/mol. The van der Waals surface area contributed by atoms with Crippen molar-refractivity contribution in [3.05, 3.63) is 0 Å². The summed E-state index contributed by atoms with van der Waals surface area (Å²) in [4.78, 5) is 0. The summed E-state index contributed by atoms with van der Waals surface area (Å²) in [6, 6.07) is 0. The Bertz CT molecular complexity index is 204. The van der Waals surface area contributed by atoms with Crippen molar-refractivity contribution in [3.8, 4) is 0 Å². The molecule has 1 unspecified atom stereocenters. The molecule has 0 spiro atoms. The van der Waals surface area contributed by atoms with Crippen LogP contribution in [0.5, 0.6) is 0 Å². The lowest BCUT2D eigenvalue weighted by atomic mass is 9.63. The van der Waals surface area contributed by atoms with Gasteiger partial charge in [0.2, 0.25) is 0 Å². The van der Waals surface area contributed by atoms with Crippen molar-refractivity contribution in [1.29, 1.82) is 0 Å². The predicted octanol–water partition coefficient (Wildman–Crippen LogP) is 1.62. The zero-order valence-electron chi connectivity index (χ0n) is 6.65. The van der Waals surface area contributed by atoms with Gasteiger partial charge < -0.3 is 5.73 Å². The molecule has 0 aromatic carbocycles. The van der Waals surface area contributed by atoms with Crippen LogP contribution in [-0.4, -0.2) is 11.7 Å². The largest absolute Gasteiger partial charge is 0.325 e. The van der Waals surface area contributed by atoms with E-state index in [-0.39, 0.29) is 11.0 Å². The molecule has 4 fully saturated rings. The first kappa shape index (κ1) is 6.41. The maximum Gasteiger partial charge on any atom is 0.104 e. The van der Waals surface area contributed by atoms with Crippen molar-refractivity contribution in [1.82, 2.24) is 0 Å². The zero-order chi connectivity index (χ0) is 7.69. The number of halogens is 1. The number of hydrogen-bond acceptors (Lipinski definition) is 1. The van der Waals surface area contributed by atoms with Gasteiger partial charge in [-0.3, -0.25) is 0 Å². The Labute approximate surface area is 66.1 Å². The molecule has 1 atom stereocenters. The Morgan fingerprint density at radius 3 is 2.18 bits per heavy atom. The maximum atomic E-state index is 13.1. The molecule has 11 heavy (non-hydrogen) atoms. The summed E-state index contributed by atoms with van der Waals surface area (Å²) in [6.45, 7) is 0. The van der Waals surface area contributed by atoms with Crippen LogP contribution in [0.2, 0.25) is 0 Å². The molecule has 2 heteroatoms. The number of alkyl halides is 1. The smallest absolute Gasteiger partial charge is 0.104 e. The number of hydrogen-bond donors (Lipinski definition) is 1. The Balaban J connectivity index is 1.89. The second-order valence-electron chi connectivity index (χ2n) is 4.82. The quantitative estimate of drug-likeness (QED) is 0.611. The molecule has 2 N–H and O–H groups in total. The summed E-state index contributed by atoms with van der Waals surface area (Å²) in [6.07, 6.45) is 4.72. The van der Waals surface area contributed by atoms with Crippen LogP contribution in [-0.2, 0) is 0 Å². The van der Waals surface area contributed by atoms with Gasteiger partial charge in [-0.15, -0.1) is 0 Å². The van der Waals surface area contributed by atoms with Crippen LogP contribution >= 0.6 is 0 Å². The zero-order valence-corrected chi connectivity index (χ0v) is 6.65. The first-order valence-electron chi connectivity index (χ1n) is 4.58. The van der Waals surface area contributed by atoms with Gasteiger partial charge >= 0.3 is 0 Å². The van der Waals surface area contributed by atoms with Crippen LogP contribution in [0.25, 0.3) is 0 Å². The Morgan fingerprint density at radius 2 is 1.82 bits per heavy atom. The van der Waals surface area contributed by atoms with Crippen molar-refractivity contribution in [2.75, 3.05) is 0 Å². The van der Waals surface area contributed by atoms with Gasteiger partial charge in [-0.2, -0.15) is 0 Å². The van der Waals surface area contributed by atoms with Gasteiger partial charge in [0.15, 0.2) is 0 Å². The normalized spacial score (nSPS) is 57.3. The summed E-state index contributed by atoms with van der Waals surface area (Å²) < 4.78 is 13.1. The van der Waals surface area contributed by atoms with Gasteiger partial charge in [0.25, 0.3) is 0 Å². The van der Waals surface area contributed by atoms with Crippen molar-refractivity contribution < 1.29 is 4.39 Å². The summed E-state index contributed by atoms with van der Waals surface area (Å²) in [5.41, 5.74) is 6.45. The van der Waals surface area contributed by atoms with Crippen LogP contribution in [0.15, 0.2) is 0 Å². The molecule has 0 aliphatic heterocycles. The van der Waals surface area contributed by atoms with Crippen molar-refractivity contribution in [3.63, 3.8) is 0 Å². The van der Waals surface area contributed by atoms with E-state index in [4.69, 9.17) is 5.73 Å². The Hall–Kier alpha value is -0.110. The fourth-order valence-corrected chi connectivity index (χ4v) is 3.18. The van der Waals surface area contributed by atoms with E-state index in [0.29, 0.717) is 5.92 Å². The number of nitrogens with two attached hydrogens (primary N) is 1. The second kappa shape index (κ2) is 1.49. The minimum atomic E-state index is -0.518. The standard InChI is InChI=1S/C9H14FN/c10-7-5-8(3-6(7)4-8)9(11)1-2-9/h6-7H,1-5,11H2. The highest BCUT2D eigenvalue weighted by Gasteiger charge is 2.68. The van der Waals surface area contributed by atoms with E-state index in [9.17, 15) is 4.39 Å². The van der Waals surface area contributed by atoms with Gasteiger partial charge in [-0.25, -0.2) is 4.39 Å². The van der Waals surface area contributed by atoms with Crippen molar-refractivity contribution in [2.45, 2.75) is 43.8 Å². The van der Waals surface area contributed by atoms with E-state index in [1.54, 1.807) is 0 Å². The van der Waals surface area contributed by atoms with Crippen molar-refractivity contribution >= 4 is 0 Å². The Kier molecular flexibility index (Phi) is 0.869. The highest BCUT2D eigenvalue weighted by Crippen LogP contribution is 2.69. The SMILES string of the molecule is NC1(C23CC(F)C(C2)C3)CC1. The molecule has 2 bridgehead atoms. The van der Waals surface area contributed by atoms with Gasteiger partial charge in [-0.1, -0.05) is 0 Å². The fraction of sp³-hybridized carbons (Fsp3) is 1.00. The number of rotatable bonds is 1. The second-order valence-corrected chi connectivity index (χ2v) is 4.82. The summed E-state index contributed by atoms with van der Waals surface area (Å²) >= 11 is 0. The molecule has 0 aromatic heterocycles. The molecule has 1 nitrogen and oxygen atoms in total. The predicted molar refractivity (Wildman–Crippen MR) is 40.8 cm³/mol. The molecule has 0 radical (unpaired) electrons. The summed E-state index contributed by atoms with van der Waals surface area (Å²) in [5.74, 6) is 0.385. The van der Waals surface area contributed by atoms with E-state index in [0.717, 1.165) is 32.1 Å². The topological polar surface area (TPSA) is 26.0 Å². The molecule has 0 aromatic rings. The summed E-state index contributed by atoms with van der Waals surface area (Å²) in [7, 11) is 0. The monoisotopic (exact) mass is 155 g/mol. The third-order valence-corrected chi connectivity index (χ3v) is 4.25. The maximum absolute atomic E-state index is 13.1. The van der Waals surface area contributed by atoms with E-state index < -0.39 is 6.17 Å². The van der Waals surface area contributed by atoms with E-state index >= 15 is 0 Å². The van der Waals surface area contributed by atoms with Gasteiger partial charge in [0.05, 0.1) is 0 Å². The number of fused-ring (bicyclic) bond motifs is 1. The third kappa shape index (κ3) is 0.569. The Morgan fingerprint density at radius 1 is 1.18 bits per heavy atom. The lowest BCUT2D eigenvalue weighted by molar-refractivity contribution is 0.0878. The van der Waals surface area contributed by atoms with Crippen LogP contribution < -0.4 is 5.73 Å². The van der Waals surface area contributed by atoms with Crippen LogP contribution in [0, 0.1) is 11.3 Å². The van der Waals surface area contributed by atoms with Crippen LogP contribution in [0.3, 0.4) is 0 Å². The minimum Gasteiger partial charge on any atom is -0.325 e. The van der Waals surface area contributed by atoms with E-state index in [1.807, 2.05) is 0 Å². The van der Waals surface area contributed by atoms with Crippen molar-refractivity contribution in [2.24, 2.45) is 17.1 Å². The average Bonchev–Trinajstić information content (AvgIpc) is 2.37. The third-order valence-electron chi connectivity index (χ3n) is 4.25. The molecule has 0 heterocycles. The molecule has 62 valence electrons. The van der Waals surface area contributed by atoms with Crippen LogP contribution in [0.4, 0.5) is 4.39 Å². The lowest BCUT2D eigenvalue weighted by Crippen LogP contribution is -2.47. The first-order valence-corrected chi connectivity index (χ1v) is 4.58. The molecule has 0 amide bonds. The molecule has 4 aliphatic rings. The molecular formula is C9H14FN. The average molecular weight is 155 g/mol. The van der Waals surface area contributed by atoms with Crippen LogP contribution in [0.1, 0.15) is 32.1 Å². The highest BCUT2D eigenvalue weighted by molar-refractivity contribution is 5.22. The molecule has 4 rings (SSSR count). The first-order chi connectivity index (χ1) is 5.15. The van der Waals surface area contributed by atoms with E-state index in [2.05, 4.69) is 0 Å². The highest BCUT2D eigenvalue weighted by atomic mass is 19.1. The van der Waals surface area contributed by atoms with Gasteiger partial charge in [0, 0.05) is 5.54 Å². The lowest BCUT2D eigenvalue weighted by Gasteiger charge is -2.43. The van der Waals surface area contributed by atoms with E-state index in [1.165, 1.54) is 0 Å². The summed E-state index contributed by atoms with van der Waals surface area (Å²) in [5, 5.41) is 0. The molecule has 4 saturated carbocycles. The van der Waals surface area contributed by atoms with Gasteiger partial charge in [0.1, 0.15) is 6.17 Å². The fourth-order valence-electron chi connectivity index (χ4n) is 3.18. The molecule has 0 saturated heterocycles. The molecule has 4 aliphatic carbocycles.